The van der Waals surface area contributed by atoms with Gasteiger partial charge in [-0.3, -0.25) is 9.52 Å². The van der Waals surface area contributed by atoms with E-state index in [4.69, 9.17) is 14.2 Å². The van der Waals surface area contributed by atoms with Crippen LogP contribution in [0.25, 0.3) is 0 Å². The molecular formula is C28H26N2O6S. The van der Waals surface area contributed by atoms with Crippen molar-refractivity contribution in [3.05, 3.63) is 109 Å². The van der Waals surface area contributed by atoms with Crippen molar-refractivity contribution in [1.82, 2.24) is 0 Å². The van der Waals surface area contributed by atoms with Crippen LogP contribution in [0.2, 0.25) is 0 Å². The van der Waals surface area contributed by atoms with Crippen LogP contribution in [0.5, 0.6) is 17.2 Å². The molecule has 8 nitrogen and oxygen atoms in total. The summed E-state index contributed by atoms with van der Waals surface area (Å²) >= 11 is 0. The summed E-state index contributed by atoms with van der Waals surface area (Å²) in [5, 5.41) is 2.77. The van der Waals surface area contributed by atoms with Crippen LogP contribution in [0.15, 0.2) is 108 Å². The highest BCUT2D eigenvalue weighted by Crippen LogP contribution is 2.21. The van der Waals surface area contributed by atoms with E-state index >= 15 is 0 Å². The highest BCUT2D eigenvalue weighted by atomic mass is 32.2. The molecule has 0 atom stereocenters. The number of ether oxygens (including phenoxy) is 3. The van der Waals surface area contributed by atoms with Crippen molar-refractivity contribution < 1.29 is 27.4 Å². The Balaban J connectivity index is 1.32. The van der Waals surface area contributed by atoms with Gasteiger partial charge in [-0.15, -0.1) is 0 Å². The largest absolute Gasteiger partial charge is 0.497 e. The fourth-order valence-corrected chi connectivity index (χ4v) is 4.42. The van der Waals surface area contributed by atoms with Crippen molar-refractivity contribution in [1.29, 1.82) is 0 Å². The van der Waals surface area contributed by atoms with E-state index in [0.29, 0.717) is 41.7 Å². The SMILES string of the molecule is COc1ccc(NS(=O)(=O)c2ccc(NC(=O)c3cccc(OCCOc4ccccc4)c3)cc2)cc1. The lowest BCUT2D eigenvalue weighted by Crippen LogP contribution is -2.14. The third-order valence-corrected chi connectivity index (χ3v) is 6.62. The summed E-state index contributed by atoms with van der Waals surface area (Å²) in [5.74, 6) is 1.57. The number of carbonyl (C=O) groups is 1. The van der Waals surface area contributed by atoms with E-state index in [1.54, 1.807) is 48.5 Å². The molecule has 190 valence electrons. The van der Waals surface area contributed by atoms with E-state index in [0.717, 1.165) is 5.75 Å². The quantitative estimate of drug-likeness (QED) is 0.264. The second-order valence-corrected chi connectivity index (χ2v) is 9.53. The summed E-state index contributed by atoms with van der Waals surface area (Å²) in [6.07, 6.45) is 0. The normalized spacial score (nSPS) is 10.8. The molecule has 0 saturated heterocycles. The van der Waals surface area contributed by atoms with Crippen molar-refractivity contribution in [2.24, 2.45) is 0 Å². The molecule has 0 saturated carbocycles. The predicted octanol–water partition coefficient (Wildman–Crippen LogP) is 5.21. The summed E-state index contributed by atoms with van der Waals surface area (Å²) in [4.78, 5) is 12.8. The van der Waals surface area contributed by atoms with Gasteiger partial charge >= 0.3 is 0 Å². The molecule has 0 radical (unpaired) electrons. The highest BCUT2D eigenvalue weighted by Gasteiger charge is 2.15. The second-order valence-electron chi connectivity index (χ2n) is 7.85. The van der Waals surface area contributed by atoms with Crippen LogP contribution < -0.4 is 24.2 Å². The summed E-state index contributed by atoms with van der Waals surface area (Å²) in [7, 11) is -2.26. The van der Waals surface area contributed by atoms with Crippen LogP contribution >= 0.6 is 0 Å². The van der Waals surface area contributed by atoms with Gasteiger partial charge in [0.15, 0.2) is 0 Å². The Kier molecular flexibility index (Phi) is 8.27. The number of benzene rings is 4. The monoisotopic (exact) mass is 518 g/mol. The molecule has 0 aliphatic rings. The Bertz CT molecular complexity index is 1420. The van der Waals surface area contributed by atoms with Gasteiger partial charge in [-0.05, 0) is 78.9 Å². The van der Waals surface area contributed by atoms with Crippen molar-refractivity contribution in [2.75, 3.05) is 30.4 Å². The number of hydrogen-bond acceptors (Lipinski definition) is 6. The molecule has 0 aliphatic heterocycles. The molecule has 37 heavy (non-hydrogen) atoms. The van der Waals surface area contributed by atoms with Crippen LogP contribution in [0.1, 0.15) is 10.4 Å². The number of sulfonamides is 1. The van der Waals surface area contributed by atoms with Gasteiger partial charge in [-0.1, -0.05) is 24.3 Å². The minimum atomic E-state index is -3.80. The first-order valence-corrected chi connectivity index (χ1v) is 12.9. The molecule has 0 fully saturated rings. The number of para-hydroxylation sites is 1. The van der Waals surface area contributed by atoms with Crippen molar-refractivity contribution in [2.45, 2.75) is 4.90 Å². The van der Waals surface area contributed by atoms with Crippen LogP contribution in [0.3, 0.4) is 0 Å². The molecule has 0 bridgehead atoms. The van der Waals surface area contributed by atoms with Gasteiger partial charge in [0, 0.05) is 16.9 Å². The Morgan fingerprint density at radius 1 is 0.703 bits per heavy atom. The van der Waals surface area contributed by atoms with Gasteiger partial charge in [0.25, 0.3) is 15.9 Å². The van der Waals surface area contributed by atoms with Crippen molar-refractivity contribution in [3.8, 4) is 17.2 Å². The summed E-state index contributed by atoms with van der Waals surface area (Å²) in [6, 6.07) is 28.7. The van der Waals surface area contributed by atoms with Crippen LogP contribution in [-0.2, 0) is 10.0 Å². The fourth-order valence-electron chi connectivity index (χ4n) is 3.36. The maximum absolute atomic E-state index is 12.7. The number of nitrogens with one attached hydrogen (secondary N) is 2. The van der Waals surface area contributed by atoms with Gasteiger partial charge in [0.05, 0.1) is 12.0 Å². The van der Waals surface area contributed by atoms with Gasteiger partial charge < -0.3 is 19.5 Å². The molecule has 0 aliphatic carbocycles. The second kappa shape index (κ2) is 12.0. The third-order valence-electron chi connectivity index (χ3n) is 5.22. The molecule has 4 aromatic rings. The standard InChI is InChI=1S/C28H26N2O6S/c1-34-24-14-10-23(11-15-24)30-37(32,33)27-16-12-22(13-17-27)29-28(31)21-6-5-9-26(20-21)36-19-18-35-25-7-3-2-4-8-25/h2-17,20,30H,18-19H2,1H3,(H,29,31). The molecule has 0 heterocycles. The number of hydrogen-bond donors (Lipinski definition) is 2. The molecular weight excluding hydrogens is 492 g/mol. The summed E-state index contributed by atoms with van der Waals surface area (Å²) in [6.45, 7) is 0.684. The molecule has 9 heteroatoms. The van der Waals surface area contributed by atoms with Gasteiger partial charge in [-0.25, -0.2) is 8.42 Å². The third kappa shape index (κ3) is 7.25. The first-order valence-electron chi connectivity index (χ1n) is 11.4. The summed E-state index contributed by atoms with van der Waals surface area (Å²) in [5.41, 5.74) is 1.27. The minimum absolute atomic E-state index is 0.0643. The van der Waals surface area contributed by atoms with Crippen LogP contribution in [-0.4, -0.2) is 34.6 Å². The molecule has 4 rings (SSSR count). The number of carbonyl (C=O) groups excluding carboxylic acids is 1. The van der Waals surface area contributed by atoms with Crippen LogP contribution in [0.4, 0.5) is 11.4 Å². The molecule has 2 N–H and O–H groups in total. The molecule has 0 unspecified atom stereocenters. The number of anilines is 2. The zero-order valence-corrected chi connectivity index (χ0v) is 20.9. The Hall–Kier alpha value is -4.50. The predicted molar refractivity (Wildman–Crippen MR) is 142 cm³/mol. The zero-order chi connectivity index (χ0) is 26.1. The average Bonchev–Trinajstić information content (AvgIpc) is 2.92. The minimum Gasteiger partial charge on any atom is -0.497 e. The lowest BCUT2D eigenvalue weighted by molar-refractivity contribution is 0.102. The highest BCUT2D eigenvalue weighted by molar-refractivity contribution is 7.92. The van der Waals surface area contributed by atoms with Crippen molar-refractivity contribution in [3.63, 3.8) is 0 Å². The summed E-state index contributed by atoms with van der Waals surface area (Å²) < 4.78 is 44.3. The van der Waals surface area contributed by atoms with Crippen LogP contribution in [0, 0.1) is 0 Å². The Labute approximate surface area is 215 Å². The van der Waals surface area contributed by atoms with Gasteiger partial charge in [-0.2, -0.15) is 0 Å². The molecule has 0 spiro atoms. The molecule has 0 aromatic heterocycles. The smallest absolute Gasteiger partial charge is 0.261 e. The first-order chi connectivity index (χ1) is 17.9. The number of amides is 1. The number of rotatable bonds is 11. The topological polar surface area (TPSA) is 103 Å². The Morgan fingerprint density at radius 2 is 1.32 bits per heavy atom. The maximum Gasteiger partial charge on any atom is 0.261 e. The molecule has 1 amide bonds. The average molecular weight is 519 g/mol. The lowest BCUT2D eigenvalue weighted by Gasteiger charge is -2.11. The van der Waals surface area contributed by atoms with E-state index in [9.17, 15) is 13.2 Å². The van der Waals surface area contributed by atoms with Gasteiger partial charge in [0.2, 0.25) is 0 Å². The maximum atomic E-state index is 12.7. The Morgan fingerprint density at radius 3 is 2.00 bits per heavy atom. The lowest BCUT2D eigenvalue weighted by atomic mass is 10.2. The van der Waals surface area contributed by atoms with E-state index in [1.165, 1.54) is 31.4 Å². The zero-order valence-electron chi connectivity index (χ0n) is 20.1. The van der Waals surface area contributed by atoms with E-state index < -0.39 is 10.0 Å². The number of methoxy groups -OCH3 is 1. The van der Waals surface area contributed by atoms with Gasteiger partial charge in [0.1, 0.15) is 30.5 Å². The van der Waals surface area contributed by atoms with E-state index in [2.05, 4.69) is 10.0 Å². The van der Waals surface area contributed by atoms with Crippen molar-refractivity contribution >= 4 is 27.3 Å². The first kappa shape index (κ1) is 25.6. The van der Waals surface area contributed by atoms with E-state index in [1.807, 2.05) is 30.3 Å². The van der Waals surface area contributed by atoms with E-state index in [-0.39, 0.29) is 10.8 Å². The fraction of sp³-hybridized carbons (Fsp3) is 0.107. The molecule has 4 aromatic carbocycles.